The zero-order valence-corrected chi connectivity index (χ0v) is 13.3. The molecular weight excluding hydrogens is 298 g/mol. The first kappa shape index (κ1) is 16.2. The Morgan fingerprint density at radius 1 is 0.913 bits per heavy atom. The van der Waals surface area contributed by atoms with Crippen molar-refractivity contribution in [1.82, 2.24) is 15.0 Å². The third-order valence-electron chi connectivity index (χ3n) is 4.95. The van der Waals surface area contributed by atoms with E-state index >= 15 is 0 Å². The highest BCUT2D eigenvalue weighted by atomic mass is 16.3. The molecule has 0 unspecified atom stereocenters. The smallest absolute Gasteiger partial charge is 0.351 e. The van der Waals surface area contributed by atoms with Gasteiger partial charge < -0.3 is 20.0 Å². The number of rotatable bonds is 4. The van der Waals surface area contributed by atoms with Crippen molar-refractivity contribution in [3.63, 3.8) is 0 Å². The highest BCUT2D eigenvalue weighted by molar-refractivity contribution is 5.38. The second kappa shape index (κ2) is 7.27. The highest BCUT2D eigenvalue weighted by Crippen LogP contribution is 2.23. The van der Waals surface area contributed by atoms with E-state index in [-0.39, 0.29) is 18.9 Å². The lowest BCUT2D eigenvalue weighted by atomic mass is 9.98. The van der Waals surface area contributed by atoms with Crippen LogP contribution in [0.3, 0.4) is 0 Å². The van der Waals surface area contributed by atoms with Gasteiger partial charge in [0.1, 0.15) is 0 Å². The van der Waals surface area contributed by atoms with Crippen molar-refractivity contribution in [3.8, 4) is 0 Å². The van der Waals surface area contributed by atoms with Crippen LogP contribution in [0.1, 0.15) is 25.7 Å². The fraction of sp³-hybridized carbons (Fsp3) is 0.800. The molecule has 3 rings (SSSR count). The Labute approximate surface area is 135 Å². The Hall–Kier alpha value is -1.67. The lowest BCUT2D eigenvalue weighted by Crippen LogP contribution is -2.40. The summed E-state index contributed by atoms with van der Waals surface area (Å²) in [6.07, 6.45) is 3.59. The monoisotopic (exact) mass is 323 g/mol. The number of piperidine rings is 2. The molecule has 2 aliphatic heterocycles. The molecule has 2 saturated heterocycles. The van der Waals surface area contributed by atoms with Crippen LogP contribution in [0.25, 0.3) is 0 Å². The molecule has 1 aromatic heterocycles. The first-order valence-electron chi connectivity index (χ1n) is 8.39. The molecule has 0 saturated carbocycles. The molecule has 2 fully saturated rings. The first-order chi connectivity index (χ1) is 11.2. The molecule has 3 heterocycles. The van der Waals surface area contributed by atoms with E-state index < -0.39 is 0 Å². The average molecular weight is 323 g/mol. The van der Waals surface area contributed by atoms with E-state index in [1.807, 2.05) is 4.90 Å². The summed E-state index contributed by atoms with van der Waals surface area (Å²) in [7, 11) is 0. The largest absolute Gasteiger partial charge is 0.396 e. The minimum absolute atomic E-state index is 0.217. The number of H-pyrrole nitrogens is 1. The summed E-state index contributed by atoms with van der Waals surface area (Å²) in [6, 6.07) is 0. The normalized spacial score (nSPS) is 21.0. The lowest BCUT2D eigenvalue weighted by molar-refractivity contribution is 0.202. The Morgan fingerprint density at radius 2 is 1.43 bits per heavy atom. The predicted octanol–water partition coefficient (Wildman–Crippen LogP) is -0.418. The number of anilines is 2. The van der Waals surface area contributed by atoms with Gasteiger partial charge in [0.05, 0.1) is 0 Å². The van der Waals surface area contributed by atoms with Gasteiger partial charge in [-0.15, -0.1) is 0 Å². The molecule has 0 spiro atoms. The fourth-order valence-corrected chi connectivity index (χ4v) is 3.30. The molecule has 8 heteroatoms. The molecule has 2 aliphatic rings. The van der Waals surface area contributed by atoms with Crippen molar-refractivity contribution in [2.24, 2.45) is 11.8 Å². The summed E-state index contributed by atoms with van der Waals surface area (Å²) in [6.45, 7) is 3.53. The molecule has 3 N–H and O–H groups in total. The van der Waals surface area contributed by atoms with Crippen LogP contribution in [0.15, 0.2) is 4.79 Å². The molecular formula is C15H25N5O3. The SMILES string of the molecule is O=c1nc(N2CCC(CO)CC2)nc(N2CCC(CO)CC2)[nH]1. The summed E-state index contributed by atoms with van der Waals surface area (Å²) in [4.78, 5) is 27.3. The zero-order chi connectivity index (χ0) is 16.2. The number of hydrogen-bond donors (Lipinski definition) is 3. The lowest BCUT2D eigenvalue weighted by Gasteiger charge is -2.33. The Kier molecular flexibility index (Phi) is 5.12. The Bertz CT molecular complexity index is 517. The summed E-state index contributed by atoms with van der Waals surface area (Å²) < 4.78 is 0. The third-order valence-corrected chi connectivity index (χ3v) is 4.95. The molecule has 23 heavy (non-hydrogen) atoms. The third kappa shape index (κ3) is 3.81. The maximum atomic E-state index is 11.9. The van der Waals surface area contributed by atoms with E-state index in [9.17, 15) is 15.0 Å². The minimum Gasteiger partial charge on any atom is -0.396 e. The quantitative estimate of drug-likeness (QED) is 0.691. The van der Waals surface area contributed by atoms with E-state index in [0.29, 0.717) is 23.7 Å². The van der Waals surface area contributed by atoms with Crippen molar-refractivity contribution in [1.29, 1.82) is 0 Å². The van der Waals surface area contributed by atoms with E-state index in [2.05, 4.69) is 19.9 Å². The van der Waals surface area contributed by atoms with Crippen LogP contribution in [-0.4, -0.2) is 64.6 Å². The minimum atomic E-state index is -0.376. The Balaban J connectivity index is 1.71. The summed E-state index contributed by atoms with van der Waals surface area (Å²) in [5.74, 6) is 1.73. The number of nitrogens with zero attached hydrogens (tertiary/aromatic N) is 4. The zero-order valence-electron chi connectivity index (χ0n) is 13.3. The summed E-state index contributed by atoms with van der Waals surface area (Å²) >= 11 is 0. The summed E-state index contributed by atoms with van der Waals surface area (Å²) in [5.41, 5.74) is -0.376. The van der Waals surface area contributed by atoms with Crippen LogP contribution in [0.2, 0.25) is 0 Å². The van der Waals surface area contributed by atoms with Crippen LogP contribution >= 0.6 is 0 Å². The van der Waals surface area contributed by atoms with Crippen molar-refractivity contribution in [2.45, 2.75) is 25.7 Å². The second-order valence-electron chi connectivity index (χ2n) is 6.50. The molecule has 0 atom stereocenters. The standard InChI is InChI=1S/C15H25N5O3/c21-9-11-1-5-19(6-2-11)13-16-14(18-15(23)17-13)20-7-3-12(10-22)4-8-20/h11-12,21-22H,1-10H2,(H,16,17,18,23). The van der Waals surface area contributed by atoms with Crippen LogP contribution in [-0.2, 0) is 0 Å². The van der Waals surface area contributed by atoms with Crippen LogP contribution in [0.4, 0.5) is 11.9 Å². The van der Waals surface area contributed by atoms with Crippen molar-refractivity contribution >= 4 is 11.9 Å². The van der Waals surface area contributed by atoms with Crippen molar-refractivity contribution < 1.29 is 10.2 Å². The molecule has 0 radical (unpaired) electrons. The molecule has 128 valence electrons. The van der Waals surface area contributed by atoms with Gasteiger partial charge in [-0.1, -0.05) is 0 Å². The molecule has 0 aromatic carbocycles. The number of aliphatic hydroxyl groups is 2. The van der Waals surface area contributed by atoms with Crippen LogP contribution < -0.4 is 15.5 Å². The van der Waals surface area contributed by atoms with E-state index in [1.165, 1.54) is 0 Å². The highest BCUT2D eigenvalue weighted by Gasteiger charge is 2.24. The molecule has 0 aliphatic carbocycles. The number of aromatic nitrogens is 3. The number of aliphatic hydroxyl groups excluding tert-OH is 2. The predicted molar refractivity (Wildman–Crippen MR) is 86.7 cm³/mol. The van der Waals surface area contributed by atoms with Crippen LogP contribution in [0, 0.1) is 11.8 Å². The maximum absolute atomic E-state index is 11.9. The van der Waals surface area contributed by atoms with Gasteiger partial charge in [-0.25, -0.2) is 4.79 Å². The van der Waals surface area contributed by atoms with Gasteiger partial charge in [-0.05, 0) is 37.5 Å². The van der Waals surface area contributed by atoms with Gasteiger partial charge >= 0.3 is 5.69 Å². The van der Waals surface area contributed by atoms with Crippen LogP contribution in [0.5, 0.6) is 0 Å². The number of aromatic amines is 1. The topological polar surface area (TPSA) is 106 Å². The molecule has 1 aromatic rings. The molecule has 0 amide bonds. The fourth-order valence-electron chi connectivity index (χ4n) is 3.30. The maximum Gasteiger partial charge on any atom is 0.351 e. The van der Waals surface area contributed by atoms with Gasteiger partial charge in [0.25, 0.3) is 0 Å². The summed E-state index contributed by atoms with van der Waals surface area (Å²) in [5, 5.41) is 18.4. The van der Waals surface area contributed by atoms with E-state index in [1.54, 1.807) is 0 Å². The van der Waals surface area contributed by atoms with E-state index in [4.69, 9.17) is 0 Å². The van der Waals surface area contributed by atoms with Gasteiger partial charge in [-0.2, -0.15) is 9.97 Å². The van der Waals surface area contributed by atoms with Gasteiger partial charge in [0, 0.05) is 39.4 Å². The molecule has 0 bridgehead atoms. The van der Waals surface area contributed by atoms with Gasteiger partial charge in [-0.3, -0.25) is 4.98 Å². The number of nitrogens with one attached hydrogen (secondary N) is 1. The van der Waals surface area contributed by atoms with Gasteiger partial charge in [0.2, 0.25) is 11.9 Å². The Morgan fingerprint density at radius 3 is 1.96 bits per heavy atom. The second-order valence-corrected chi connectivity index (χ2v) is 6.50. The van der Waals surface area contributed by atoms with Crippen molar-refractivity contribution in [3.05, 3.63) is 10.5 Å². The van der Waals surface area contributed by atoms with E-state index in [0.717, 1.165) is 51.9 Å². The van der Waals surface area contributed by atoms with Gasteiger partial charge in [0.15, 0.2) is 0 Å². The van der Waals surface area contributed by atoms with Crippen molar-refractivity contribution in [2.75, 3.05) is 49.2 Å². The first-order valence-corrected chi connectivity index (χ1v) is 8.39. The molecule has 8 nitrogen and oxygen atoms in total. The average Bonchev–Trinajstić information content (AvgIpc) is 2.61. The number of hydrogen-bond acceptors (Lipinski definition) is 7.